The number of benzene rings is 1. The molecule has 0 spiro atoms. The molecule has 3 rings (SSSR count). The first kappa shape index (κ1) is 14.6. The Labute approximate surface area is 132 Å². The molecule has 1 aliphatic heterocycles. The van der Waals surface area contributed by atoms with E-state index in [2.05, 4.69) is 14.9 Å². The Kier molecular flexibility index (Phi) is 4.43. The molecule has 1 unspecified atom stereocenters. The molecule has 0 saturated carbocycles. The number of likely N-dealkylation sites (tertiary alicyclic amines) is 1. The molecular formula is C15H16N4O2S. The van der Waals surface area contributed by atoms with Crippen molar-refractivity contribution in [2.45, 2.75) is 12.8 Å². The van der Waals surface area contributed by atoms with Crippen molar-refractivity contribution in [1.29, 1.82) is 0 Å². The highest BCUT2D eigenvalue weighted by Crippen LogP contribution is 2.21. The third-order valence-electron chi connectivity index (χ3n) is 3.71. The van der Waals surface area contributed by atoms with Gasteiger partial charge in [-0.05, 0) is 25.0 Å². The minimum Gasteiger partial charge on any atom is -0.338 e. The molecule has 2 heterocycles. The van der Waals surface area contributed by atoms with Crippen molar-refractivity contribution in [2.75, 3.05) is 18.4 Å². The van der Waals surface area contributed by atoms with Gasteiger partial charge in [-0.15, -0.1) is 5.10 Å². The van der Waals surface area contributed by atoms with Crippen LogP contribution in [-0.2, 0) is 4.79 Å². The number of hydrogen-bond acceptors (Lipinski definition) is 5. The van der Waals surface area contributed by atoms with Crippen LogP contribution in [0.3, 0.4) is 0 Å². The Bertz CT molecular complexity index is 645. The maximum absolute atomic E-state index is 12.5. The second kappa shape index (κ2) is 6.65. The van der Waals surface area contributed by atoms with Gasteiger partial charge in [-0.2, -0.15) is 0 Å². The zero-order chi connectivity index (χ0) is 15.4. The van der Waals surface area contributed by atoms with Crippen molar-refractivity contribution in [3.8, 4) is 0 Å². The molecule has 0 aliphatic carbocycles. The molecule has 2 amide bonds. The van der Waals surface area contributed by atoms with Crippen LogP contribution in [0.25, 0.3) is 0 Å². The van der Waals surface area contributed by atoms with E-state index in [1.165, 1.54) is 6.20 Å². The predicted molar refractivity (Wildman–Crippen MR) is 83.6 cm³/mol. The highest BCUT2D eigenvalue weighted by Gasteiger charge is 2.29. The van der Waals surface area contributed by atoms with Crippen LogP contribution in [0, 0.1) is 5.92 Å². The molecule has 2 aromatic rings. The first-order valence-electron chi connectivity index (χ1n) is 7.16. The van der Waals surface area contributed by atoms with Crippen LogP contribution in [0.5, 0.6) is 0 Å². The molecule has 1 atom stereocenters. The van der Waals surface area contributed by atoms with Gasteiger partial charge in [0.2, 0.25) is 5.91 Å². The van der Waals surface area contributed by atoms with E-state index < -0.39 is 0 Å². The summed E-state index contributed by atoms with van der Waals surface area (Å²) in [7, 11) is 0. The SMILES string of the molecule is O=C(Nc1cnns1)C1CCCN(C(=O)c2ccccc2)C1. The van der Waals surface area contributed by atoms with Crippen molar-refractivity contribution in [3.05, 3.63) is 42.1 Å². The van der Waals surface area contributed by atoms with E-state index >= 15 is 0 Å². The number of amides is 2. The van der Waals surface area contributed by atoms with E-state index in [4.69, 9.17) is 0 Å². The smallest absolute Gasteiger partial charge is 0.253 e. The summed E-state index contributed by atoms with van der Waals surface area (Å²) in [6.07, 6.45) is 3.15. The summed E-state index contributed by atoms with van der Waals surface area (Å²) in [6.45, 7) is 1.14. The Hall–Kier alpha value is -2.28. The van der Waals surface area contributed by atoms with Crippen molar-refractivity contribution in [2.24, 2.45) is 5.92 Å². The lowest BCUT2D eigenvalue weighted by Gasteiger charge is -2.32. The van der Waals surface area contributed by atoms with E-state index in [0.717, 1.165) is 24.4 Å². The molecule has 1 aromatic heterocycles. The molecule has 7 heteroatoms. The van der Waals surface area contributed by atoms with Crippen LogP contribution in [0.15, 0.2) is 36.5 Å². The van der Waals surface area contributed by atoms with Crippen molar-refractivity contribution < 1.29 is 9.59 Å². The number of rotatable bonds is 3. The minimum atomic E-state index is -0.191. The van der Waals surface area contributed by atoms with E-state index in [0.29, 0.717) is 23.7 Å². The highest BCUT2D eigenvalue weighted by atomic mass is 32.1. The predicted octanol–water partition coefficient (Wildman–Crippen LogP) is 2.03. The topological polar surface area (TPSA) is 75.2 Å². The third kappa shape index (κ3) is 3.30. The van der Waals surface area contributed by atoms with Crippen LogP contribution in [0.2, 0.25) is 0 Å². The number of piperidine rings is 1. The van der Waals surface area contributed by atoms with Crippen LogP contribution >= 0.6 is 11.5 Å². The van der Waals surface area contributed by atoms with Crippen LogP contribution < -0.4 is 5.32 Å². The highest BCUT2D eigenvalue weighted by molar-refractivity contribution is 7.10. The molecule has 0 radical (unpaired) electrons. The number of nitrogens with one attached hydrogen (secondary N) is 1. The van der Waals surface area contributed by atoms with Gasteiger partial charge in [0, 0.05) is 30.2 Å². The van der Waals surface area contributed by atoms with Gasteiger partial charge in [0.25, 0.3) is 5.91 Å². The average molecular weight is 316 g/mol. The molecule has 22 heavy (non-hydrogen) atoms. The fourth-order valence-corrected chi connectivity index (χ4v) is 3.01. The van der Waals surface area contributed by atoms with Gasteiger partial charge in [-0.3, -0.25) is 9.59 Å². The first-order chi connectivity index (χ1) is 10.7. The molecule has 0 bridgehead atoms. The van der Waals surface area contributed by atoms with Crippen LogP contribution in [-0.4, -0.2) is 39.4 Å². The number of carbonyl (C=O) groups excluding carboxylic acids is 2. The Morgan fingerprint density at radius 1 is 1.27 bits per heavy atom. The molecular weight excluding hydrogens is 300 g/mol. The Morgan fingerprint density at radius 3 is 2.82 bits per heavy atom. The van der Waals surface area contributed by atoms with Crippen molar-refractivity contribution in [1.82, 2.24) is 14.5 Å². The fourth-order valence-electron chi connectivity index (χ4n) is 2.58. The molecule has 114 valence electrons. The van der Waals surface area contributed by atoms with E-state index in [1.807, 2.05) is 18.2 Å². The van der Waals surface area contributed by atoms with Crippen LogP contribution in [0.4, 0.5) is 5.00 Å². The molecule has 1 fully saturated rings. The summed E-state index contributed by atoms with van der Waals surface area (Å²) in [5, 5.41) is 7.14. The molecule has 1 saturated heterocycles. The van der Waals surface area contributed by atoms with Gasteiger partial charge in [0.05, 0.1) is 12.1 Å². The average Bonchev–Trinajstić information content (AvgIpc) is 3.08. The lowest BCUT2D eigenvalue weighted by atomic mass is 9.96. The summed E-state index contributed by atoms with van der Waals surface area (Å²) < 4.78 is 3.72. The number of carbonyl (C=O) groups is 2. The number of hydrogen-bond donors (Lipinski definition) is 1. The van der Waals surface area contributed by atoms with Gasteiger partial charge >= 0.3 is 0 Å². The zero-order valence-electron chi connectivity index (χ0n) is 11.9. The Morgan fingerprint density at radius 2 is 2.09 bits per heavy atom. The zero-order valence-corrected chi connectivity index (χ0v) is 12.8. The van der Waals surface area contributed by atoms with E-state index in [1.54, 1.807) is 17.0 Å². The minimum absolute atomic E-state index is 0.0162. The summed E-state index contributed by atoms with van der Waals surface area (Å²) in [5.74, 6) is -0.280. The quantitative estimate of drug-likeness (QED) is 0.940. The number of anilines is 1. The molecule has 1 aromatic carbocycles. The summed E-state index contributed by atoms with van der Waals surface area (Å²) in [4.78, 5) is 26.5. The molecule has 6 nitrogen and oxygen atoms in total. The summed E-state index contributed by atoms with van der Waals surface area (Å²) in [6, 6.07) is 9.17. The lowest BCUT2D eigenvalue weighted by Crippen LogP contribution is -2.43. The monoisotopic (exact) mass is 316 g/mol. The molecule has 1 N–H and O–H groups in total. The maximum atomic E-state index is 12.5. The first-order valence-corrected chi connectivity index (χ1v) is 7.94. The fraction of sp³-hybridized carbons (Fsp3) is 0.333. The van der Waals surface area contributed by atoms with Gasteiger partial charge in [0.15, 0.2) is 0 Å². The van der Waals surface area contributed by atoms with Gasteiger partial charge in [-0.1, -0.05) is 22.7 Å². The van der Waals surface area contributed by atoms with Crippen LogP contribution in [0.1, 0.15) is 23.2 Å². The second-order valence-electron chi connectivity index (χ2n) is 5.23. The Balaban J connectivity index is 1.64. The van der Waals surface area contributed by atoms with E-state index in [-0.39, 0.29) is 17.7 Å². The number of nitrogens with zero attached hydrogens (tertiary/aromatic N) is 3. The summed E-state index contributed by atoms with van der Waals surface area (Å²) in [5.41, 5.74) is 0.662. The second-order valence-corrected chi connectivity index (χ2v) is 6.01. The normalized spacial score (nSPS) is 18.0. The largest absolute Gasteiger partial charge is 0.338 e. The van der Waals surface area contributed by atoms with E-state index in [9.17, 15) is 9.59 Å². The van der Waals surface area contributed by atoms with Gasteiger partial charge in [-0.25, -0.2) is 0 Å². The molecule has 1 aliphatic rings. The van der Waals surface area contributed by atoms with Gasteiger partial charge < -0.3 is 10.2 Å². The standard InChI is InChI=1S/C15H16N4O2S/c20-14(17-13-9-16-18-22-13)12-7-4-8-19(10-12)15(21)11-5-2-1-3-6-11/h1-3,5-6,9,12H,4,7-8,10H2,(H,17,20). The van der Waals surface area contributed by atoms with Crippen molar-refractivity contribution in [3.63, 3.8) is 0 Å². The van der Waals surface area contributed by atoms with Crippen molar-refractivity contribution >= 4 is 28.3 Å². The lowest BCUT2D eigenvalue weighted by molar-refractivity contribution is -0.121. The third-order valence-corrected chi connectivity index (χ3v) is 4.29. The van der Waals surface area contributed by atoms with Gasteiger partial charge in [0.1, 0.15) is 5.00 Å². The number of aromatic nitrogens is 2. The summed E-state index contributed by atoms with van der Waals surface area (Å²) >= 11 is 1.15. The maximum Gasteiger partial charge on any atom is 0.253 e.